The van der Waals surface area contributed by atoms with Crippen LogP contribution in [0.1, 0.15) is 35.4 Å². The van der Waals surface area contributed by atoms with Crippen molar-refractivity contribution >= 4 is 32.4 Å². The number of ether oxygens (including phenoxy) is 1. The fourth-order valence-corrected chi connectivity index (χ4v) is 4.69. The van der Waals surface area contributed by atoms with Crippen LogP contribution >= 0.6 is 15.9 Å². The van der Waals surface area contributed by atoms with Crippen molar-refractivity contribution in [3.05, 3.63) is 112 Å². The molecule has 0 saturated carbocycles. The Bertz CT molecular complexity index is 1280. The number of para-hydroxylation sites is 1. The minimum atomic E-state index is -0.240. The van der Waals surface area contributed by atoms with E-state index < -0.39 is 0 Å². The van der Waals surface area contributed by atoms with Crippen LogP contribution < -0.4 is 4.74 Å². The SMILES string of the molecule is Brc1ccc(C2Oc3ccccc3C3CC(c4ccc5ccccc5c4)=NN32)cc1. The Morgan fingerprint density at radius 1 is 0.833 bits per heavy atom. The minimum Gasteiger partial charge on any atom is -0.464 e. The summed E-state index contributed by atoms with van der Waals surface area (Å²) in [6.45, 7) is 0. The average Bonchev–Trinajstić information content (AvgIpc) is 3.25. The minimum absolute atomic E-state index is 0.171. The van der Waals surface area contributed by atoms with Gasteiger partial charge in [-0.3, -0.25) is 0 Å². The fraction of sp³-hybridized carbons (Fsp3) is 0.115. The first kappa shape index (κ1) is 17.7. The number of hydrazone groups is 1. The number of rotatable bonds is 2. The van der Waals surface area contributed by atoms with Crippen molar-refractivity contribution in [2.75, 3.05) is 0 Å². The highest BCUT2D eigenvalue weighted by molar-refractivity contribution is 9.10. The molecule has 2 unspecified atom stereocenters. The summed E-state index contributed by atoms with van der Waals surface area (Å²) < 4.78 is 7.49. The summed E-state index contributed by atoms with van der Waals surface area (Å²) in [5.41, 5.74) is 4.58. The molecule has 6 rings (SSSR count). The molecule has 0 saturated heterocycles. The van der Waals surface area contributed by atoms with E-state index >= 15 is 0 Å². The van der Waals surface area contributed by atoms with Gasteiger partial charge < -0.3 is 4.74 Å². The van der Waals surface area contributed by atoms with Crippen LogP contribution in [0.5, 0.6) is 5.75 Å². The lowest BCUT2D eigenvalue weighted by atomic mass is 9.95. The first-order valence-electron chi connectivity index (χ1n) is 10.1. The van der Waals surface area contributed by atoms with Crippen LogP contribution in [0.3, 0.4) is 0 Å². The Labute approximate surface area is 183 Å². The quantitative estimate of drug-likeness (QED) is 0.331. The molecule has 4 heteroatoms. The molecule has 2 aliphatic rings. The van der Waals surface area contributed by atoms with E-state index in [0.29, 0.717) is 0 Å². The second-order valence-corrected chi connectivity index (χ2v) is 8.68. The Morgan fingerprint density at radius 2 is 1.60 bits per heavy atom. The van der Waals surface area contributed by atoms with Crippen molar-refractivity contribution in [1.82, 2.24) is 5.01 Å². The van der Waals surface area contributed by atoms with Gasteiger partial charge in [0.1, 0.15) is 5.75 Å². The summed E-state index contributed by atoms with van der Waals surface area (Å²) in [5, 5.41) is 9.70. The number of hydrogen-bond acceptors (Lipinski definition) is 3. The largest absolute Gasteiger partial charge is 0.464 e. The molecule has 0 radical (unpaired) electrons. The highest BCUT2D eigenvalue weighted by Gasteiger charge is 2.40. The predicted octanol–water partition coefficient (Wildman–Crippen LogP) is 6.84. The predicted molar refractivity (Wildman–Crippen MR) is 124 cm³/mol. The molecule has 0 aliphatic carbocycles. The molecule has 4 aromatic carbocycles. The van der Waals surface area contributed by atoms with Crippen LogP contribution in [0.25, 0.3) is 10.8 Å². The van der Waals surface area contributed by atoms with Gasteiger partial charge >= 0.3 is 0 Å². The zero-order valence-corrected chi connectivity index (χ0v) is 17.8. The number of fused-ring (bicyclic) bond motifs is 4. The molecule has 0 aromatic heterocycles. The highest BCUT2D eigenvalue weighted by Crippen LogP contribution is 2.47. The van der Waals surface area contributed by atoms with E-state index in [1.165, 1.54) is 21.9 Å². The van der Waals surface area contributed by atoms with Crippen LogP contribution in [0.15, 0.2) is 101 Å². The Hall–Kier alpha value is -3.11. The van der Waals surface area contributed by atoms with Crippen molar-refractivity contribution in [3.63, 3.8) is 0 Å². The summed E-state index contributed by atoms with van der Waals surface area (Å²) in [6.07, 6.45) is 0.627. The molecule has 2 aliphatic heterocycles. The molecule has 0 bridgehead atoms. The van der Waals surface area contributed by atoms with Crippen molar-refractivity contribution in [1.29, 1.82) is 0 Å². The van der Waals surface area contributed by atoms with Gasteiger partial charge in [-0.25, -0.2) is 5.01 Å². The van der Waals surface area contributed by atoms with E-state index in [9.17, 15) is 0 Å². The Morgan fingerprint density at radius 3 is 2.47 bits per heavy atom. The third-order valence-electron chi connectivity index (χ3n) is 5.94. The van der Waals surface area contributed by atoms with Gasteiger partial charge in [-0.05, 0) is 40.6 Å². The standard InChI is InChI=1S/C26H19BrN2O/c27-21-13-11-18(12-14-21)26-29-24(22-7-3-4-8-25(22)30-26)16-23(28-29)20-10-9-17-5-1-2-6-19(17)15-20/h1-15,24,26H,16H2. The van der Waals surface area contributed by atoms with Crippen LogP contribution in [0.4, 0.5) is 0 Å². The van der Waals surface area contributed by atoms with Gasteiger partial charge in [0.25, 0.3) is 0 Å². The van der Waals surface area contributed by atoms with E-state index in [4.69, 9.17) is 9.84 Å². The number of nitrogens with zero attached hydrogens (tertiary/aromatic N) is 2. The van der Waals surface area contributed by atoms with E-state index in [1.54, 1.807) is 0 Å². The lowest BCUT2D eigenvalue weighted by Gasteiger charge is -2.38. The molecule has 30 heavy (non-hydrogen) atoms. The third kappa shape index (κ3) is 2.91. The van der Waals surface area contributed by atoms with Crippen LogP contribution in [-0.4, -0.2) is 10.7 Å². The number of halogens is 1. The molecular weight excluding hydrogens is 436 g/mol. The Balaban J connectivity index is 1.44. The maximum atomic E-state index is 6.43. The lowest BCUT2D eigenvalue weighted by molar-refractivity contribution is -0.0190. The molecule has 0 N–H and O–H groups in total. The lowest BCUT2D eigenvalue weighted by Crippen LogP contribution is -2.33. The number of benzene rings is 4. The molecular formula is C26H19BrN2O. The van der Waals surface area contributed by atoms with Crippen LogP contribution in [0.2, 0.25) is 0 Å². The third-order valence-corrected chi connectivity index (χ3v) is 6.47. The second-order valence-electron chi connectivity index (χ2n) is 7.77. The van der Waals surface area contributed by atoms with E-state index in [0.717, 1.165) is 27.9 Å². The first-order chi connectivity index (χ1) is 14.8. The monoisotopic (exact) mass is 454 g/mol. The average molecular weight is 455 g/mol. The summed E-state index contributed by atoms with van der Waals surface area (Å²) in [4.78, 5) is 0. The van der Waals surface area contributed by atoms with E-state index in [-0.39, 0.29) is 12.3 Å². The van der Waals surface area contributed by atoms with Crippen molar-refractivity contribution in [2.24, 2.45) is 5.10 Å². The zero-order chi connectivity index (χ0) is 20.1. The molecule has 146 valence electrons. The van der Waals surface area contributed by atoms with Gasteiger partial charge in [-0.15, -0.1) is 0 Å². The van der Waals surface area contributed by atoms with Crippen molar-refractivity contribution in [3.8, 4) is 5.75 Å². The maximum absolute atomic E-state index is 6.43. The van der Waals surface area contributed by atoms with Crippen LogP contribution in [0, 0.1) is 0 Å². The molecule has 2 heterocycles. The summed E-state index contributed by atoms with van der Waals surface area (Å²) in [6, 6.07) is 31.9. The molecule has 3 nitrogen and oxygen atoms in total. The van der Waals surface area contributed by atoms with Crippen molar-refractivity contribution in [2.45, 2.75) is 18.7 Å². The van der Waals surface area contributed by atoms with Gasteiger partial charge in [0.2, 0.25) is 6.23 Å². The molecule has 0 amide bonds. The smallest absolute Gasteiger partial charge is 0.213 e. The molecule has 4 aromatic rings. The summed E-state index contributed by atoms with van der Waals surface area (Å²) >= 11 is 3.53. The van der Waals surface area contributed by atoms with Crippen molar-refractivity contribution < 1.29 is 4.74 Å². The topological polar surface area (TPSA) is 24.8 Å². The van der Waals surface area contributed by atoms with Gasteiger partial charge in [-0.2, -0.15) is 5.10 Å². The first-order valence-corrected chi connectivity index (χ1v) is 10.9. The summed E-state index contributed by atoms with van der Waals surface area (Å²) in [7, 11) is 0. The normalized spacial score (nSPS) is 19.8. The number of hydrogen-bond donors (Lipinski definition) is 0. The van der Waals surface area contributed by atoms with Gasteiger partial charge in [-0.1, -0.05) is 82.7 Å². The van der Waals surface area contributed by atoms with Gasteiger partial charge in [0.05, 0.1) is 11.8 Å². The zero-order valence-electron chi connectivity index (χ0n) is 16.2. The molecule has 2 atom stereocenters. The maximum Gasteiger partial charge on any atom is 0.213 e. The van der Waals surface area contributed by atoms with Gasteiger partial charge in [0, 0.05) is 22.0 Å². The fourth-order valence-electron chi connectivity index (χ4n) is 4.42. The Kier molecular flexibility index (Phi) is 4.13. The molecule has 0 spiro atoms. The van der Waals surface area contributed by atoms with Crippen LogP contribution in [-0.2, 0) is 0 Å². The molecule has 0 fully saturated rings. The summed E-state index contributed by atoms with van der Waals surface area (Å²) in [5.74, 6) is 0.946. The highest BCUT2D eigenvalue weighted by atomic mass is 79.9. The second kappa shape index (κ2) is 6.99. The van der Waals surface area contributed by atoms with E-state index in [1.807, 2.05) is 6.07 Å². The van der Waals surface area contributed by atoms with Gasteiger partial charge in [0.15, 0.2) is 0 Å². The van der Waals surface area contributed by atoms with E-state index in [2.05, 4.69) is 106 Å².